The molecule has 1 aliphatic heterocycles. The van der Waals surface area contributed by atoms with E-state index in [2.05, 4.69) is 0 Å². The third kappa shape index (κ3) is 1.16. The number of fused-ring (bicyclic) bond motifs is 1. The molecule has 0 unspecified atom stereocenters. The van der Waals surface area contributed by atoms with Crippen molar-refractivity contribution in [2.24, 2.45) is 0 Å². The van der Waals surface area contributed by atoms with Crippen molar-refractivity contribution in [2.45, 2.75) is 26.9 Å². The molecular weight excluding hydrogens is 184 g/mol. The molecule has 1 aromatic rings. The molecule has 0 fully saturated rings. The highest BCUT2D eigenvalue weighted by Crippen LogP contribution is 2.31. The van der Waals surface area contributed by atoms with Gasteiger partial charge >= 0.3 is 0 Å². The summed E-state index contributed by atoms with van der Waals surface area (Å²) in [5, 5.41) is 0. The van der Waals surface area contributed by atoms with Crippen molar-refractivity contribution in [2.75, 3.05) is 7.05 Å². The van der Waals surface area contributed by atoms with Crippen LogP contribution >= 0.6 is 0 Å². The summed E-state index contributed by atoms with van der Waals surface area (Å²) < 4.78 is 27.4. The fourth-order valence-electron chi connectivity index (χ4n) is 1.97. The Balaban J connectivity index is 2.70. The maximum Gasteiger partial charge on any atom is 0.131 e. The van der Waals surface area contributed by atoms with E-state index < -0.39 is 0 Å². The fraction of sp³-hybridized carbons (Fsp3) is 0.455. The Kier molecular flexibility index (Phi) is 2.07. The molecule has 0 spiro atoms. The van der Waals surface area contributed by atoms with E-state index in [1.807, 2.05) is 11.9 Å². The van der Waals surface area contributed by atoms with Crippen molar-refractivity contribution in [3.8, 4) is 0 Å². The Labute approximate surface area is 82.3 Å². The third-order valence-corrected chi connectivity index (χ3v) is 2.97. The molecule has 1 heterocycles. The number of benzene rings is 1. The number of nitrogens with zero attached hydrogens (tertiary/aromatic N) is 1. The van der Waals surface area contributed by atoms with Gasteiger partial charge in [0.05, 0.1) is 0 Å². The second-order valence-corrected chi connectivity index (χ2v) is 4.01. The summed E-state index contributed by atoms with van der Waals surface area (Å²) in [7, 11) is 1.86. The van der Waals surface area contributed by atoms with Gasteiger partial charge in [-0.05, 0) is 32.0 Å². The first-order valence-corrected chi connectivity index (χ1v) is 4.66. The van der Waals surface area contributed by atoms with E-state index in [4.69, 9.17) is 0 Å². The molecule has 0 aromatic heterocycles. The number of rotatable bonds is 0. The van der Waals surface area contributed by atoms with Gasteiger partial charge in [-0.25, -0.2) is 8.78 Å². The molecule has 0 saturated heterocycles. The average Bonchev–Trinajstić information content (AvgIpc) is 2.54. The van der Waals surface area contributed by atoms with Crippen LogP contribution in [0.1, 0.15) is 22.3 Å². The quantitative estimate of drug-likeness (QED) is 0.617. The largest absolute Gasteiger partial charge is 0.298 e. The molecule has 1 aliphatic rings. The Morgan fingerprint density at radius 1 is 0.929 bits per heavy atom. The zero-order chi connectivity index (χ0) is 10.5. The van der Waals surface area contributed by atoms with Gasteiger partial charge in [0.2, 0.25) is 0 Å². The fourth-order valence-corrected chi connectivity index (χ4v) is 1.97. The van der Waals surface area contributed by atoms with Gasteiger partial charge in [0.25, 0.3) is 0 Å². The molecule has 0 amide bonds. The summed E-state index contributed by atoms with van der Waals surface area (Å²) >= 11 is 0. The zero-order valence-electron chi connectivity index (χ0n) is 8.62. The van der Waals surface area contributed by atoms with E-state index in [-0.39, 0.29) is 11.6 Å². The predicted octanol–water partition coefficient (Wildman–Crippen LogP) is 2.53. The molecule has 0 radical (unpaired) electrons. The molecule has 1 nitrogen and oxygen atoms in total. The highest BCUT2D eigenvalue weighted by Gasteiger charge is 2.26. The molecular formula is C11H13F2N. The monoisotopic (exact) mass is 197 g/mol. The Morgan fingerprint density at radius 3 is 1.64 bits per heavy atom. The smallest absolute Gasteiger partial charge is 0.131 e. The highest BCUT2D eigenvalue weighted by molar-refractivity contribution is 5.42. The summed E-state index contributed by atoms with van der Waals surface area (Å²) in [6.07, 6.45) is 0. The van der Waals surface area contributed by atoms with Crippen molar-refractivity contribution >= 4 is 0 Å². The molecule has 0 atom stereocenters. The first-order valence-electron chi connectivity index (χ1n) is 4.66. The first kappa shape index (κ1) is 9.59. The summed E-state index contributed by atoms with van der Waals surface area (Å²) in [6, 6.07) is 0. The molecule has 3 heteroatoms. The third-order valence-electron chi connectivity index (χ3n) is 2.97. The van der Waals surface area contributed by atoms with Gasteiger partial charge < -0.3 is 0 Å². The van der Waals surface area contributed by atoms with Gasteiger partial charge in [0, 0.05) is 24.2 Å². The van der Waals surface area contributed by atoms with E-state index in [1.165, 1.54) is 0 Å². The minimum atomic E-state index is -0.233. The first-order chi connectivity index (χ1) is 6.52. The van der Waals surface area contributed by atoms with E-state index in [1.54, 1.807) is 13.8 Å². The van der Waals surface area contributed by atoms with Crippen LogP contribution in [0.5, 0.6) is 0 Å². The molecule has 14 heavy (non-hydrogen) atoms. The second kappa shape index (κ2) is 3.02. The molecule has 0 saturated carbocycles. The van der Waals surface area contributed by atoms with Crippen LogP contribution in [0, 0.1) is 25.5 Å². The number of hydrogen-bond acceptors (Lipinski definition) is 1. The lowest BCUT2D eigenvalue weighted by molar-refractivity contribution is 0.347. The molecule has 2 rings (SSSR count). The second-order valence-electron chi connectivity index (χ2n) is 4.01. The maximum atomic E-state index is 13.7. The average molecular weight is 197 g/mol. The topological polar surface area (TPSA) is 3.24 Å². The number of halogens is 2. The van der Waals surface area contributed by atoms with Gasteiger partial charge in [-0.2, -0.15) is 0 Å². The summed E-state index contributed by atoms with van der Waals surface area (Å²) in [4.78, 5) is 1.91. The van der Waals surface area contributed by atoms with Crippen molar-refractivity contribution in [1.82, 2.24) is 4.90 Å². The SMILES string of the molecule is Cc1c(C)c(F)c2c(c1F)CN(C)C2. The van der Waals surface area contributed by atoms with Crippen molar-refractivity contribution in [3.63, 3.8) is 0 Å². The van der Waals surface area contributed by atoms with Crippen molar-refractivity contribution < 1.29 is 8.78 Å². The Morgan fingerprint density at radius 2 is 1.29 bits per heavy atom. The molecule has 0 bridgehead atoms. The molecule has 76 valence electrons. The highest BCUT2D eigenvalue weighted by atomic mass is 19.1. The number of hydrogen-bond donors (Lipinski definition) is 0. The van der Waals surface area contributed by atoms with Gasteiger partial charge in [-0.15, -0.1) is 0 Å². The molecule has 0 aliphatic carbocycles. The van der Waals surface area contributed by atoms with E-state index in [0.29, 0.717) is 35.3 Å². The van der Waals surface area contributed by atoms with Gasteiger partial charge in [0.1, 0.15) is 11.6 Å². The van der Waals surface area contributed by atoms with E-state index in [0.717, 1.165) is 0 Å². The summed E-state index contributed by atoms with van der Waals surface area (Å²) in [6.45, 7) is 4.29. The van der Waals surface area contributed by atoms with Crippen molar-refractivity contribution in [3.05, 3.63) is 33.9 Å². The lowest BCUT2D eigenvalue weighted by atomic mass is 10.00. The normalized spacial score (nSPS) is 16.1. The maximum absolute atomic E-state index is 13.7. The molecule has 0 N–H and O–H groups in total. The standard InChI is InChI=1S/C11H13F2N/c1-6-7(2)11(13)9-5-14(3)4-8(9)10(6)12/h4-5H2,1-3H3. The van der Waals surface area contributed by atoms with Gasteiger partial charge in [0.15, 0.2) is 0 Å². The van der Waals surface area contributed by atoms with Crippen LogP contribution in [0.2, 0.25) is 0 Å². The lowest BCUT2D eigenvalue weighted by Gasteiger charge is -2.09. The van der Waals surface area contributed by atoms with E-state index in [9.17, 15) is 8.78 Å². The van der Waals surface area contributed by atoms with Crippen LogP contribution in [0.25, 0.3) is 0 Å². The van der Waals surface area contributed by atoms with Crippen LogP contribution < -0.4 is 0 Å². The predicted molar refractivity (Wildman–Crippen MR) is 51.0 cm³/mol. The van der Waals surface area contributed by atoms with Crippen molar-refractivity contribution in [1.29, 1.82) is 0 Å². The van der Waals surface area contributed by atoms with Gasteiger partial charge in [-0.3, -0.25) is 4.90 Å². The summed E-state index contributed by atoms with van der Waals surface area (Å²) in [5.74, 6) is -0.466. The van der Waals surface area contributed by atoms with Crippen LogP contribution in [-0.4, -0.2) is 11.9 Å². The lowest BCUT2D eigenvalue weighted by Crippen LogP contribution is -2.08. The molecule has 1 aromatic carbocycles. The van der Waals surface area contributed by atoms with Crippen LogP contribution in [-0.2, 0) is 13.1 Å². The van der Waals surface area contributed by atoms with Crippen LogP contribution in [0.4, 0.5) is 8.78 Å². The van der Waals surface area contributed by atoms with Gasteiger partial charge in [-0.1, -0.05) is 0 Å². The minimum Gasteiger partial charge on any atom is -0.298 e. The minimum absolute atomic E-state index is 0.233. The van der Waals surface area contributed by atoms with Crippen LogP contribution in [0.3, 0.4) is 0 Å². The Hall–Kier alpha value is -0.960. The van der Waals surface area contributed by atoms with Crippen LogP contribution in [0.15, 0.2) is 0 Å². The summed E-state index contributed by atoms with van der Waals surface area (Å²) in [5.41, 5.74) is 1.95. The zero-order valence-corrected chi connectivity index (χ0v) is 8.62. The van der Waals surface area contributed by atoms with E-state index >= 15 is 0 Å². The Bertz CT molecular complexity index is 362.